The summed E-state index contributed by atoms with van der Waals surface area (Å²) in [6.45, 7) is 0.329. The molecular formula is C12H10ClNO2S. The standard InChI is InChI=1S/C12H10ClNO2S/c13-10-6-7-17-11(10)12(15)14-16-8-9-4-2-1-3-5-9/h1-7H,8H2,(H,14,15). The van der Waals surface area contributed by atoms with Crippen LogP contribution in [0.4, 0.5) is 0 Å². The number of carbonyl (C=O) groups is 1. The zero-order chi connectivity index (χ0) is 12.1. The molecule has 5 heteroatoms. The Balaban J connectivity index is 1.84. The lowest BCUT2D eigenvalue weighted by molar-refractivity contribution is 0.0237. The minimum Gasteiger partial charge on any atom is -0.269 e. The summed E-state index contributed by atoms with van der Waals surface area (Å²) in [4.78, 5) is 17.2. The van der Waals surface area contributed by atoms with E-state index >= 15 is 0 Å². The Bertz CT molecular complexity index is 498. The van der Waals surface area contributed by atoms with Crippen molar-refractivity contribution in [2.75, 3.05) is 0 Å². The number of benzene rings is 1. The van der Waals surface area contributed by atoms with E-state index < -0.39 is 0 Å². The number of carbonyl (C=O) groups excluding carboxylic acids is 1. The van der Waals surface area contributed by atoms with Gasteiger partial charge in [-0.15, -0.1) is 11.3 Å². The molecule has 1 heterocycles. The molecule has 0 aliphatic rings. The third-order valence-electron chi connectivity index (χ3n) is 2.07. The normalized spacial score (nSPS) is 10.2. The first-order chi connectivity index (χ1) is 8.27. The van der Waals surface area contributed by atoms with Gasteiger partial charge in [0, 0.05) is 0 Å². The number of thiophene rings is 1. The first-order valence-corrected chi connectivity index (χ1v) is 6.22. The van der Waals surface area contributed by atoms with Crippen molar-refractivity contribution in [3.05, 3.63) is 57.2 Å². The first-order valence-electron chi connectivity index (χ1n) is 4.96. The highest BCUT2D eigenvalue weighted by atomic mass is 35.5. The van der Waals surface area contributed by atoms with Gasteiger partial charge in [-0.25, -0.2) is 5.48 Å². The Kier molecular flexibility index (Phi) is 4.14. The fourth-order valence-electron chi connectivity index (χ4n) is 1.26. The van der Waals surface area contributed by atoms with Crippen molar-refractivity contribution < 1.29 is 9.63 Å². The minimum atomic E-state index is -0.319. The summed E-state index contributed by atoms with van der Waals surface area (Å²) < 4.78 is 0. The van der Waals surface area contributed by atoms with Crippen molar-refractivity contribution in [3.63, 3.8) is 0 Å². The molecule has 2 aromatic rings. The molecule has 17 heavy (non-hydrogen) atoms. The SMILES string of the molecule is O=C(NOCc1ccccc1)c1sccc1Cl. The van der Waals surface area contributed by atoms with Crippen LogP contribution in [0, 0.1) is 0 Å². The summed E-state index contributed by atoms with van der Waals surface area (Å²) in [6.07, 6.45) is 0. The largest absolute Gasteiger partial charge is 0.286 e. The number of rotatable bonds is 4. The molecule has 1 aromatic heterocycles. The van der Waals surface area contributed by atoms with Crippen molar-refractivity contribution in [2.24, 2.45) is 0 Å². The Morgan fingerprint density at radius 2 is 2.06 bits per heavy atom. The lowest BCUT2D eigenvalue weighted by atomic mass is 10.2. The average Bonchev–Trinajstić information content (AvgIpc) is 2.77. The molecule has 0 atom stereocenters. The van der Waals surface area contributed by atoms with Crippen LogP contribution in [0.5, 0.6) is 0 Å². The van der Waals surface area contributed by atoms with E-state index in [0.29, 0.717) is 16.5 Å². The molecule has 3 nitrogen and oxygen atoms in total. The van der Waals surface area contributed by atoms with Gasteiger partial charge in [0.15, 0.2) is 0 Å². The molecule has 0 unspecified atom stereocenters. The maximum atomic E-state index is 11.6. The van der Waals surface area contributed by atoms with E-state index in [0.717, 1.165) is 5.56 Å². The predicted molar refractivity (Wildman–Crippen MR) is 68.0 cm³/mol. The fraction of sp³-hybridized carbons (Fsp3) is 0.0833. The van der Waals surface area contributed by atoms with Gasteiger partial charge in [0.1, 0.15) is 4.88 Å². The van der Waals surface area contributed by atoms with Crippen LogP contribution in [-0.4, -0.2) is 5.91 Å². The van der Waals surface area contributed by atoms with Crippen LogP contribution in [0.2, 0.25) is 5.02 Å². The fourth-order valence-corrected chi connectivity index (χ4v) is 2.29. The van der Waals surface area contributed by atoms with E-state index in [2.05, 4.69) is 5.48 Å². The average molecular weight is 268 g/mol. The van der Waals surface area contributed by atoms with E-state index in [-0.39, 0.29) is 5.91 Å². The molecule has 88 valence electrons. The van der Waals surface area contributed by atoms with Crippen LogP contribution in [0.1, 0.15) is 15.2 Å². The second-order valence-electron chi connectivity index (χ2n) is 3.30. The molecule has 0 saturated carbocycles. The van der Waals surface area contributed by atoms with Gasteiger partial charge in [-0.3, -0.25) is 9.63 Å². The van der Waals surface area contributed by atoms with Gasteiger partial charge < -0.3 is 0 Å². The zero-order valence-corrected chi connectivity index (χ0v) is 10.4. The van der Waals surface area contributed by atoms with E-state index in [9.17, 15) is 4.79 Å². The molecule has 0 bridgehead atoms. The van der Waals surface area contributed by atoms with Gasteiger partial charge in [0.05, 0.1) is 11.6 Å². The number of halogens is 1. The van der Waals surface area contributed by atoms with Crippen LogP contribution in [0.25, 0.3) is 0 Å². The Labute approximate surface area is 108 Å². The van der Waals surface area contributed by atoms with Crippen LogP contribution >= 0.6 is 22.9 Å². The Morgan fingerprint density at radius 1 is 1.29 bits per heavy atom. The highest BCUT2D eigenvalue weighted by Gasteiger charge is 2.11. The van der Waals surface area contributed by atoms with E-state index in [4.69, 9.17) is 16.4 Å². The van der Waals surface area contributed by atoms with E-state index in [1.165, 1.54) is 11.3 Å². The van der Waals surface area contributed by atoms with Crippen molar-refractivity contribution in [1.82, 2.24) is 5.48 Å². The van der Waals surface area contributed by atoms with Gasteiger partial charge in [0.25, 0.3) is 5.91 Å². The lowest BCUT2D eigenvalue weighted by Crippen LogP contribution is -2.22. The summed E-state index contributed by atoms with van der Waals surface area (Å²) in [6, 6.07) is 11.3. The molecule has 1 amide bonds. The molecule has 0 radical (unpaired) electrons. The van der Waals surface area contributed by atoms with Gasteiger partial charge in [-0.05, 0) is 17.0 Å². The highest BCUT2D eigenvalue weighted by Crippen LogP contribution is 2.21. The zero-order valence-electron chi connectivity index (χ0n) is 8.85. The smallest absolute Gasteiger partial charge is 0.269 e. The number of hydroxylamine groups is 1. The summed E-state index contributed by atoms with van der Waals surface area (Å²) in [5, 5.41) is 2.20. The topological polar surface area (TPSA) is 38.3 Å². The molecule has 1 aromatic carbocycles. The second kappa shape index (κ2) is 5.82. The maximum absolute atomic E-state index is 11.6. The molecule has 2 rings (SSSR count). The van der Waals surface area contributed by atoms with Crippen molar-refractivity contribution in [2.45, 2.75) is 6.61 Å². The van der Waals surface area contributed by atoms with Crippen LogP contribution < -0.4 is 5.48 Å². The van der Waals surface area contributed by atoms with Crippen LogP contribution in [-0.2, 0) is 11.4 Å². The maximum Gasteiger partial charge on any atom is 0.286 e. The third kappa shape index (κ3) is 3.30. The number of amides is 1. The van der Waals surface area contributed by atoms with Gasteiger partial charge in [0.2, 0.25) is 0 Å². The Morgan fingerprint density at radius 3 is 2.71 bits per heavy atom. The van der Waals surface area contributed by atoms with E-state index in [1.54, 1.807) is 11.4 Å². The molecule has 0 saturated heterocycles. The molecule has 1 N–H and O–H groups in total. The molecular weight excluding hydrogens is 258 g/mol. The van der Waals surface area contributed by atoms with Gasteiger partial charge in [-0.1, -0.05) is 41.9 Å². The first kappa shape index (κ1) is 12.1. The summed E-state index contributed by atoms with van der Waals surface area (Å²) in [5.41, 5.74) is 3.35. The molecule has 0 aliphatic heterocycles. The van der Waals surface area contributed by atoms with Crippen molar-refractivity contribution in [1.29, 1.82) is 0 Å². The molecule has 0 fully saturated rings. The Hall–Kier alpha value is -1.36. The number of hydrogen-bond acceptors (Lipinski definition) is 3. The lowest BCUT2D eigenvalue weighted by Gasteiger charge is -2.04. The van der Waals surface area contributed by atoms with Crippen LogP contribution in [0.15, 0.2) is 41.8 Å². The second-order valence-corrected chi connectivity index (χ2v) is 4.63. The summed E-state index contributed by atoms with van der Waals surface area (Å²) >= 11 is 7.10. The minimum absolute atomic E-state index is 0.319. The molecule has 0 spiro atoms. The highest BCUT2D eigenvalue weighted by molar-refractivity contribution is 7.12. The summed E-state index contributed by atoms with van der Waals surface area (Å²) in [5.74, 6) is -0.319. The van der Waals surface area contributed by atoms with Crippen molar-refractivity contribution >= 4 is 28.8 Å². The molecule has 0 aliphatic carbocycles. The monoisotopic (exact) mass is 267 g/mol. The summed E-state index contributed by atoms with van der Waals surface area (Å²) in [7, 11) is 0. The van der Waals surface area contributed by atoms with Gasteiger partial charge >= 0.3 is 0 Å². The van der Waals surface area contributed by atoms with Crippen LogP contribution in [0.3, 0.4) is 0 Å². The number of nitrogens with one attached hydrogen (secondary N) is 1. The van der Waals surface area contributed by atoms with Crippen molar-refractivity contribution in [3.8, 4) is 0 Å². The third-order valence-corrected chi connectivity index (χ3v) is 3.41. The quantitative estimate of drug-likeness (QED) is 0.864. The van der Waals surface area contributed by atoms with Gasteiger partial charge in [-0.2, -0.15) is 0 Å². The number of hydrogen-bond donors (Lipinski definition) is 1. The van der Waals surface area contributed by atoms with E-state index in [1.807, 2.05) is 30.3 Å². The predicted octanol–water partition coefficient (Wildman–Crippen LogP) is 3.26.